The second-order valence-electron chi connectivity index (χ2n) is 8.46. The largest absolute Gasteiger partial charge is 0.508 e. The van der Waals surface area contributed by atoms with E-state index in [-0.39, 0.29) is 5.75 Å². The molecule has 3 aromatic rings. The maximum Gasteiger partial charge on any atom is 0.316 e. The molecule has 6 heteroatoms. The second-order valence-corrected chi connectivity index (χ2v) is 8.46. The van der Waals surface area contributed by atoms with Crippen LogP contribution < -0.4 is 9.64 Å². The number of hydrogen-bond acceptors (Lipinski definition) is 6. The molecule has 5 rings (SSSR count). The normalized spacial score (nSPS) is 19.3. The average Bonchev–Trinajstić information content (AvgIpc) is 3.16. The first kappa shape index (κ1) is 19.1. The molecule has 6 nitrogen and oxygen atoms in total. The molecule has 1 aromatic heterocycles. The summed E-state index contributed by atoms with van der Waals surface area (Å²) in [6, 6.07) is 12.8. The molecule has 3 heterocycles. The summed E-state index contributed by atoms with van der Waals surface area (Å²) in [5.74, 6) is 0.290. The highest BCUT2D eigenvalue weighted by Gasteiger charge is 2.25. The number of phenols is 1. The SMILES string of the molecule is Cc1nc(OC[C@@H]2CCCN2C)nc2c1CCN(c1cc(O)cc3ccccc13)C2. The molecule has 0 unspecified atom stereocenters. The molecule has 0 radical (unpaired) electrons. The van der Waals surface area contributed by atoms with Gasteiger partial charge >= 0.3 is 6.01 Å². The summed E-state index contributed by atoms with van der Waals surface area (Å²) in [5, 5.41) is 12.4. The molecule has 0 spiro atoms. The number of rotatable bonds is 4. The summed E-state index contributed by atoms with van der Waals surface area (Å²) in [6.45, 7) is 5.37. The number of fused-ring (bicyclic) bond motifs is 2. The fraction of sp³-hybridized carbons (Fsp3) is 0.417. The Kier molecular flexibility index (Phi) is 4.95. The number of likely N-dealkylation sites (tertiary alicyclic amines) is 1. The van der Waals surface area contributed by atoms with E-state index in [0.717, 1.165) is 47.4 Å². The molecular weight excluding hydrogens is 376 g/mol. The van der Waals surface area contributed by atoms with Gasteiger partial charge in [-0.25, -0.2) is 4.98 Å². The summed E-state index contributed by atoms with van der Waals surface area (Å²) in [6.07, 6.45) is 3.27. The fourth-order valence-electron chi connectivity index (χ4n) is 4.76. The van der Waals surface area contributed by atoms with E-state index < -0.39 is 0 Å². The standard InChI is InChI=1S/C24H28N4O2/c1-16-20-9-11-28(23-13-19(29)12-17-6-3-4-8-21(17)23)14-22(20)26-24(25-16)30-15-18-7-5-10-27(18)2/h3-4,6,8,12-13,18,29H,5,7,9-11,14-15H2,1-2H3/t18-/m0/s1. The zero-order valence-corrected chi connectivity index (χ0v) is 17.6. The van der Waals surface area contributed by atoms with Gasteiger partial charge in [0.25, 0.3) is 0 Å². The predicted octanol–water partition coefficient (Wildman–Crippen LogP) is 3.68. The Morgan fingerprint density at radius 3 is 2.87 bits per heavy atom. The Hall–Kier alpha value is -2.86. The minimum absolute atomic E-state index is 0.290. The van der Waals surface area contributed by atoms with Gasteiger partial charge in [-0.15, -0.1) is 0 Å². The number of likely N-dealkylation sites (N-methyl/N-ethyl adjacent to an activating group) is 1. The summed E-state index contributed by atoms with van der Waals surface area (Å²) in [5.41, 5.74) is 4.30. The third-order valence-corrected chi connectivity index (χ3v) is 6.49. The summed E-state index contributed by atoms with van der Waals surface area (Å²) in [7, 11) is 2.15. The molecule has 2 aliphatic heterocycles. The van der Waals surface area contributed by atoms with E-state index in [1.165, 1.54) is 18.4 Å². The van der Waals surface area contributed by atoms with Crippen molar-refractivity contribution in [2.24, 2.45) is 0 Å². The van der Waals surface area contributed by atoms with Gasteiger partial charge in [-0.2, -0.15) is 4.98 Å². The number of ether oxygens (including phenoxy) is 1. The third-order valence-electron chi connectivity index (χ3n) is 6.49. The number of aryl methyl sites for hydroxylation is 1. The summed E-state index contributed by atoms with van der Waals surface area (Å²) >= 11 is 0. The van der Waals surface area contributed by atoms with Crippen LogP contribution in [0.2, 0.25) is 0 Å². The molecule has 0 bridgehead atoms. The van der Waals surface area contributed by atoms with Crippen LogP contribution in [0.5, 0.6) is 11.8 Å². The lowest BCUT2D eigenvalue weighted by Crippen LogP contribution is -2.33. The minimum atomic E-state index is 0.290. The summed E-state index contributed by atoms with van der Waals surface area (Å²) in [4.78, 5) is 14.1. The van der Waals surface area contributed by atoms with Crippen LogP contribution in [0.4, 0.5) is 5.69 Å². The lowest BCUT2D eigenvalue weighted by molar-refractivity contribution is 0.187. The van der Waals surface area contributed by atoms with Crippen molar-refractivity contribution in [2.75, 3.05) is 31.6 Å². The highest BCUT2D eigenvalue weighted by atomic mass is 16.5. The number of aromatic hydroxyl groups is 1. The summed E-state index contributed by atoms with van der Waals surface area (Å²) < 4.78 is 6.02. The maximum absolute atomic E-state index is 10.2. The Balaban J connectivity index is 1.41. The van der Waals surface area contributed by atoms with Crippen molar-refractivity contribution in [1.29, 1.82) is 0 Å². The molecule has 156 valence electrons. The van der Waals surface area contributed by atoms with Crippen molar-refractivity contribution in [3.63, 3.8) is 0 Å². The quantitative estimate of drug-likeness (QED) is 0.716. The highest BCUT2D eigenvalue weighted by molar-refractivity contribution is 5.95. The van der Waals surface area contributed by atoms with E-state index >= 15 is 0 Å². The minimum Gasteiger partial charge on any atom is -0.508 e. The Morgan fingerprint density at radius 1 is 1.17 bits per heavy atom. The first-order valence-corrected chi connectivity index (χ1v) is 10.7. The third kappa shape index (κ3) is 3.56. The Morgan fingerprint density at radius 2 is 2.03 bits per heavy atom. The van der Waals surface area contributed by atoms with Gasteiger partial charge < -0.3 is 19.6 Å². The van der Waals surface area contributed by atoms with E-state index in [1.54, 1.807) is 0 Å². The molecule has 0 saturated carbocycles. The lowest BCUT2D eigenvalue weighted by Gasteiger charge is -2.31. The first-order valence-electron chi connectivity index (χ1n) is 10.7. The smallest absolute Gasteiger partial charge is 0.316 e. The van der Waals surface area contributed by atoms with E-state index in [2.05, 4.69) is 34.8 Å². The van der Waals surface area contributed by atoms with Crippen molar-refractivity contribution in [1.82, 2.24) is 14.9 Å². The second kappa shape index (κ2) is 7.76. The molecule has 0 aliphatic carbocycles. The Labute approximate surface area is 177 Å². The fourth-order valence-corrected chi connectivity index (χ4v) is 4.76. The van der Waals surface area contributed by atoms with Crippen LogP contribution in [0.1, 0.15) is 29.8 Å². The molecule has 1 fully saturated rings. The Bertz CT molecular complexity index is 1080. The van der Waals surface area contributed by atoms with Crippen LogP contribution in [-0.2, 0) is 13.0 Å². The number of nitrogens with zero attached hydrogens (tertiary/aromatic N) is 4. The van der Waals surface area contributed by atoms with Crippen LogP contribution in [-0.4, -0.2) is 52.8 Å². The highest BCUT2D eigenvalue weighted by Crippen LogP contribution is 2.34. The number of phenolic OH excluding ortho intramolecular Hbond substituents is 1. The molecule has 2 aromatic carbocycles. The maximum atomic E-state index is 10.2. The van der Waals surface area contributed by atoms with Gasteiger partial charge in [0, 0.05) is 35.4 Å². The van der Waals surface area contributed by atoms with Gasteiger partial charge in [-0.05, 0) is 56.8 Å². The van der Waals surface area contributed by atoms with Crippen molar-refractivity contribution < 1.29 is 9.84 Å². The van der Waals surface area contributed by atoms with Crippen molar-refractivity contribution in [3.05, 3.63) is 53.3 Å². The number of benzene rings is 2. The van der Waals surface area contributed by atoms with Crippen LogP contribution >= 0.6 is 0 Å². The molecule has 1 saturated heterocycles. The molecule has 1 atom stereocenters. The van der Waals surface area contributed by atoms with Crippen LogP contribution in [0, 0.1) is 6.92 Å². The van der Waals surface area contributed by atoms with Crippen LogP contribution in [0.15, 0.2) is 36.4 Å². The van der Waals surface area contributed by atoms with Gasteiger partial charge in [0.1, 0.15) is 12.4 Å². The van der Waals surface area contributed by atoms with Crippen molar-refractivity contribution in [2.45, 2.75) is 38.8 Å². The zero-order valence-electron chi connectivity index (χ0n) is 17.6. The van der Waals surface area contributed by atoms with Crippen LogP contribution in [0.25, 0.3) is 10.8 Å². The predicted molar refractivity (Wildman–Crippen MR) is 118 cm³/mol. The van der Waals surface area contributed by atoms with E-state index in [1.807, 2.05) is 30.3 Å². The van der Waals surface area contributed by atoms with E-state index in [4.69, 9.17) is 9.72 Å². The monoisotopic (exact) mass is 404 g/mol. The number of aromatic nitrogens is 2. The van der Waals surface area contributed by atoms with Gasteiger partial charge in [0.05, 0.1) is 12.2 Å². The molecule has 1 N–H and O–H groups in total. The molecule has 2 aliphatic rings. The molecular formula is C24H28N4O2. The topological polar surface area (TPSA) is 61.7 Å². The zero-order chi connectivity index (χ0) is 20.7. The van der Waals surface area contributed by atoms with E-state index in [9.17, 15) is 5.11 Å². The number of hydrogen-bond donors (Lipinski definition) is 1. The van der Waals surface area contributed by atoms with Gasteiger partial charge in [0.15, 0.2) is 0 Å². The van der Waals surface area contributed by atoms with Crippen molar-refractivity contribution >= 4 is 16.5 Å². The first-order chi connectivity index (χ1) is 14.6. The average molecular weight is 405 g/mol. The van der Waals surface area contributed by atoms with Crippen LogP contribution in [0.3, 0.4) is 0 Å². The lowest BCUT2D eigenvalue weighted by atomic mass is 10.0. The van der Waals surface area contributed by atoms with Crippen molar-refractivity contribution in [3.8, 4) is 11.8 Å². The molecule has 0 amide bonds. The number of anilines is 1. The van der Waals surface area contributed by atoms with Gasteiger partial charge in [0.2, 0.25) is 0 Å². The van der Waals surface area contributed by atoms with Gasteiger partial charge in [-0.1, -0.05) is 24.3 Å². The van der Waals surface area contributed by atoms with Gasteiger partial charge in [-0.3, -0.25) is 0 Å². The van der Waals surface area contributed by atoms with E-state index in [0.29, 0.717) is 25.2 Å². The molecule has 30 heavy (non-hydrogen) atoms.